The van der Waals surface area contributed by atoms with Gasteiger partial charge in [0.25, 0.3) is 0 Å². The molecule has 0 rings (SSSR count). The van der Waals surface area contributed by atoms with E-state index in [-0.39, 0.29) is 24.9 Å². The lowest BCUT2D eigenvalue weighted by atomic mass is 10.0. The largest absolute Gasteiger partial charge is 0.462 e. The van der Waals surface area contributed by atoms with Crippen molar-refractivity contribution >= 4 is 11.9 Å². The zero-order valence-corrected chi connectivity index (χ0v) is 46.3. The van der Waals surface area contributed by atoms with Gasteiger partial charge in [-0.15, -0.1) is 0 Å². The van der Waals surface area contributed by atoms with E-state index in [1.54, 1.807) is 0 Å². The molecular formula is C62H121NO5. The molecule has 0 saturated heterocycles. The summed E-state index contributed by atoms with van der Waals surface area (Å²) in [4.78, 5) is 26.3. The van der Waals surface area contributed by atoms with Crippen LogP contribution in [0, 0.1) is 0 Å². The van der Waals surface area contributed by atoms with Crippen molar-refractivity contribution in [2.45, 2.75) is 366 Å². The summed E-state index contributed by atoms with van der Waals surface area (Å²) < 4.78 is 5.98. The first-order valence-electron chi connectivity index (χ1n) is 30.9. The van der Waals surface area contributed by atoms with Crippen LogP contribution in [-0.4, -0.2) is 46.9 Å². The van der Waals surface area contributed by atoms with Crippen LogP contribution in [-0.2, 0) is 14.3 Å². The van der Waals surface area contributed by atoms with E-state index in [0.29, 0.717) is 19.3 Å². The summed E-state index contributed by atoms with van der Waals surface area (Å²) in [6.45, 7) is 6.54. The fourth-order valence-electron chi connectivity index (χ4n) is 9.90. The number of rotatable bonds is 57. The van der Waals surface area contributed by atoms with Crippen molar-refractivity contribution in [2.75, 3.05) is 6.61 Å². The fraction of sp³-hybridized carbons (Fsp3) is 0.935. The van der Waals surface area contributed by atoms with Crippen LogP contribution >= 0.6 is 0 Å². The van der Waals surface area contributed by atoms with E-state index in [1.807, 2.05) is 0 Å². The molecule has 3 atom stereocenters. The van der Waals surface area contributed by atoms with E-state index < -0.39 is 18.2 Å². The predicted molar refractivity (Wildman–Crippen MR) is 297 cm³/mol. The standard InChI is InChI=1S/C62H121NO5/c1-4-7-10-13-16-19-22-25-28-30-31-32-34-37-40-43-46-49-52-55-62(67)68-58(53-50-47-44-41-38-35-27-24-21-18-15-12-9-6-3)56-61(66)63-59(57-64)60(65)54-51-48-45-42-39-36-33-29-26-23-20-17-14-11-8-5-2/h25,28,58-60,64-65H,4-24,26-27,29-57H2,1-3H3,(H,63,66)/b28-25+. The van der Waals surface area contributed by atoms with Gasteiger partial charge in [-0.1, -0.05) is 296 Å². The smallest absolute Gasteiger partial charge is 0.306 e. The molecule has 404 valence electrons. The van der Waals surface area contributed by atoms with Crippen molar-refractivity contribution < 1.29 is 24.5 Å². The Balaban J connectivity index is 4.46. The monoisotopic (exact) mass is 960 g/mol. The molecule has 0 spiro atoms. The third-order valence-electron chi connectivity index (χ3n) is 14.6. The van der Waals surface area contributed by atoms with Crippen LogP contribution in [0.1, 0.15) is 348 Å². The Kier molecular flexibility index (Phi) is 55.3. The second-order valence-electron chi connectivity index (χ2n) is 21.5. The number of hydrogen-bond donors (Lipinski definition) is 3. The van der Waals surface area contributed by atoms with Crippen molar-refractivity contribution in [3.8, 4) is 0 Å². The lowest BCUT2D eigenvalue weighted by Gasteiger charge is -2.24. The minimum atomic E-state index is -0.783. The Bertz CT molecular complexity index is 1030. The van der Waals surface area contributed by atoms with E-state index in [0.717, 1.165) is 44.9 Å². The van der Waals surface area contributed by atoms with E-state index >= 15 is 0 Å². The number of carbonyl (C=O) groups excluding carboxylic acids is 2. The summed E-state index contributed by atoms with van der Waals surface area (Å²) >= 11 is 0. The number of aliphatic hydroxyl groups is 2. The first-order valence-corrected chi connectivity index (χ1v) is 30.9. The molecular weight excluding hydrogens is 839 g/mol. The minimum Gasteiger partial charge on any atom is -0.462 e. The maximum Gasteiger partial charge on any atom is 0.306 e. The molecule has 0 aromatic rings. The third-order valence-corrected chi connectivity index (χ3v) is 14.6. The van der Waals surface area contributed by atoms with Crippen LogP contribution in [0.2, 0.25) is 0 Å². The van der Waals surface area contributed by atoms with Gasteiger partial charge < -0.3 is 20.3 Å². The number of ether oxygens (including phenoxy) is 1. The zero-order chi connectivity index (χ0) is 49.5. The molecule has 0 bridgehead atoms. The Morgan fingerprint density at radius 3 is 1.04 bits per heavy atom. The first kappa shape index (κ1) is 66.6. The Morgan fingerprint density at radius 1 is 0.412 bits per heavy atom. The number of allylic oxidation sites excluding steroid dienone is 2. The summed E-state index contributed by atoms with van der Waals surface area (Å²) in [6.07, 6.45) is 65.7. The number of aliphatic hydroxyl groups excluding tert-OH is 2. The SMILES string of the molecule is CCCCCCCC/C=C/CCCCCCCCCCCC(=O)OC(CCCCCCCCCCCCCCCC)CC(=O)NC(CO)C(O)CCCCCCCCCCCCCCCCCC. The highest BCUT2D eigenvalue weighted by Gasteiger charge is 2.24. The molecule has 3 N–H and O–H groups in total. The van der Waals surface area contributed by atoms with Crippen LogP contribution in [0.3, 0.4) is 0 Å². The molecule has 0 saturated carbocycles. The van der Waals surface area contributed by atoms with Crippen molar-refractivity contribution in [3.63, 3.8) is 0 Å². The van der Waals surface area contributed by atoms with Crippen LogP contribution in [0.4, 0.5) is 0 Å². The number of unbranched alkanes of at least 4 members (excludes halogenated alkanes) is 43. The van der Waals surface area contributed by atoms with E-state index in [9.17, 15) is 19.8 Å². The zero-order valence-electron chi connectivity index (χ0n) is 46.3. The van der Waals surface area contributed by atoms with Gasteiger partial charge >= 0.3 is 5.97 Å². The maximum atomic E-state index is 13.3. The molecule has 1 amide bonds. The quantitative estimate of drug-likeness (QED) is 0.0321. The number of hydrogen-bond acceptors (Lipinski definition) is 5. The number of carbonyl (C=O) groups is 2. The molecule has 0 heterocycles. The average molecular weight is 961 g/mol. The Hall–Kier alpha value is -1.40. The van der Waals surface area contributed by atoms with Crippen molar-refractivity contribution in [1.82, 2.24) is 5.32 Å². The molecule has 0 radical (unpaired) electrons. The number of esters is 1. The summed E-state index contributed by atoms with van der Waals surface area (Å²) in [6, 6.07) is -0.696. The lowest BCUT2D eigenvalue weighted by molar-refractivity contribution is -0.151. The van der Waals surface area contributed by atoms with Gasteiger partial charge in [-0.2, -0.15) is 0 Å². The predicted octanol–water partition coefficient (Wildman–Crippen LogP) is 19.2. The normalized spacial score (nSPS) is 13.1. The van der Waals surface area contributed by atoms with E-state index in [4.69, 9.17) is 4.74 Å². The Labute approximate surface area is 425 Å². The molecule has 6 nitrogen and oxygen atoms in total. The molecule has 0 aromatic carbocycles. The van der Waals surface area contributed by atoms with E-state index in [2.05, 4.69) is 38.2 Å². The topological polar surface area (TPSA) is 95.9 Å². The van der Waals surface area contributed by atoms with Gasteiger partial charge in [-0.3, -0.25) is 9.59 Å². The van der Waals surface area contributed by atoms with Gasteiger partial charge in [0.05, 0.1) is 25.2 Å². The minimum absolute atomic E-state index is 0.0853. The van der Waals surface area contributed by atoms with Crippen LogP contribution < -0.4 is 5.32 Å². The van der Waals surface area contributed by atoms with Gasteiger partial charge in [0.1, 0.15) is 6.10 Å². The number of nitrogens with one attached hydrogen (secondary N) is 1. The highest BCUT2D eigenvalue weighted by Crippen LogP contribution is 2.19. The van der Waals surface area contributed by atoms with Gasteiger partial charge in [0, 0.05) is 6.42 Å². The summed E-state index contributed by atoms with van der Waals surface area (Å²) in [5.41, 5.74) is 0. The second kappa shape index (κ2) is 56.5. The molecule has 0 fully saturated rings. The highest BCUT2D eigenvalue weighted by molar-refractivity contribution is 5.77. The third kappa shape index (κ3) is 51.0. The van der Waals surface area contributed by atoms with Gasteiger partial charge in [-0.25, -0.2) is 0 Å². The lowest BCUT2D eigenvalue weighted by Crippen LogP contribution is -2.46. The van der Waals surface area contributed by atoms with Gasteiger partial charge in [0.15, 0.2) is 0 Å². The summed E-state index contributed by atoms with van der Waals surface area (Å²) in [5.74, 6) is -0.449. The second-order valence-corrected chi connectivity index (χ2v) is 21.5. The molecule has 0 aromatic heterocycles. The van der Waals surface area contributed by atoms with Crippen LogP contribution in [0.5, 0.6) is 0 Å². The number of amides is 1. The first-order chi connectivity index (χ1) is 33.5. The summed E-state index contributed by atoms with van der Waals surface area (Å²) in [5, 5.41) is 23.9. The Morgan fingerprint density at radius 2 is 0.706 bits per heavy atom. The molecule has 0 aliphatic heterocycles. The van der Waals surface area contributed by atoms with Crippen LogP contribution in [0.25, 0.3) is 0 Å². The van der Waals surface area contributed by atoms with Crippen molar-refractivity contribution in [2.24, 2.45) is 0 Å². The van der Waals surface area contributed by atoms with E-state index in [1.165, 1.54) is 257 Å². The van der Waals surface area contributed by atoms with Gasteiger partial charge in [0.2, 0.25) is 5.91 Å². The van der Waals surface area contributed by atoms with Crippen LogP contribution in [0.15, 0.2) is 12.2 Å². The molecule has 68 heavy (non-hydrogen) atoms. The summed E-state index contributed by atoms with van der Waals surface area (Å²) in [7, 11) is 0. The van der Waals surface area contributed by atoms with Gasteiger partial charge in [-0.05, 0) is 51.4 Å². The fourth-order valence-corrected chi connectivity index (χ4v) is 9.90. The van der Waals surface area contributed by atoms with Crippen molar-refractivity contribution in [1.29, 1.82) is 0 Å². The van der Waals surface area contributed by atoms with Crippen molar-refractivity contribution in [3.05, 3.63) is 12.2 Å². The highest BCUT2D eigenvalue weighted by atomic mass is 16.5. The molecule has 6 heteroatoms. The molecule has 3 unspecified atom stereocenters. The average Bonchev–Trinajstić information content (AvgIpc) is 3.33. The molecule has 0 aliphatic carbocycles. The molecule has 0 aliphatic rings. The maximum absolute atomic E-state index is 13.3.